The van der Waals surface area contributed by atoms with Crippen LogP contribution in [0, 0.1) is 17.6 Å². The van der Waals surface area contributed by atoms with Crippen molar-refractivity contribution in [3.8, 4) is 0 Å². The highest BCUT2D eigenvalue weighted by Gasteiger charge is 2.37. The van der Waals surface area contributed by atoms with E-state index in [1.165, 1.54) is 0 Å². The molecule has 0 aliphatic heterocycles. The van der Waals surface area contributed by atoms with Crippen molar-refractivity contribution in [3.05, 3.63) is 33.8 Å². The monoisotopic (exact) mass is 419 g/mol. The van der Waals surface area contributed by atoms with Crippen LogP contribution in [0.15, 0.2) is 21.6 Å². The van der Waals surface area contributed by atoms with Crippen LogP contribution in [0.25, 0.3) is 0 Å². The highest BCUT2D eigenvalue weighted by Crippen LogP contribution is 2.29. The van der Waals surface area contributed by atoms with Gasteiger partial charge in [-0.1, -0.05) is 0 Å². The summed E-state index contributed by atoms with van der Waals surface area (Å²) in [5.74, 6) is -4.73. The average Bonchev–Trinajstić information content (AvgIpc) is 3.34. The Balaban J connectivity index is 2.44. The number of rotatable bonds is 6. The summed E-state index contributed by atoms with van der Waals surface area (Å²) in [5, 5.41) is 0.267. The van der Waals surface area contributed by atoms with Crippen LogP contribution in [0.3, 0.4) is 0 Å². The third-order valence-electron chi connectivity index (χ3n) is 3.37. The van der Waals surface area contributed by atoms with E-state index in [-0.39, 0.29) is 22.2 Å². The summed E-state index contributed by atoms with van der Waals surface area (Å²) in [6, 6.07) is 1.72. The highest BCUT2D eigenvalue weighted by atomic mass is 79.9. The Morgan fingerprint density at radius 1 is 1.38 bits per heavy atom. The lowest BCUT2D eigenvalue weighted by Crippen LogP contribution is -2.33. The number of Topliss-reactive ketones (excluding diaryl/α,β-unsaturated/α-hetero) is 1. The number of halogens is 3. The Labute approximate surface area is 151 Å². The van der Waals surface area contributed by atoms with Crippen LogP contribution in [0.1, 0.15) is 30.1 Å². The molecule has 1 aromatic carbocycles. The molecule has 0 spiro atoms. The van der Waals surface area contributed by atoms with Gasteiger partial charge in [-0.05, 0) is 54.1 Å². The second-order valence-electron chi connectivity index (χ2n) is 5.20. The second kappa shape index (κ2) is 8.20. The van der Waals surface area contributed by atoms with E-state index in [1.807, 2.05) is 0 Å². The Bertz CT molecular complexity index is 692. The lowest BCUT2D eigenvalue weighted by Gasteiger charge is -2.16. The van der Waals surface area contributed by atoms with Crippen molar-refractivity contribution in [3.63, 3.8) is 0 Å². The molecule has 0 saturated heterocycles. The van der Waals surface area contributed by atoms with E-state index in [2.05, 4.69) is 20.9 Å². The molecule has 0 heterocycles. The Hall–Kier alpha value is -1.28. The van der Waals surface area contributed by atoms with Crippen molar-refractivity contribution in [2.75, 3.05) is 12.9 Å². The van der Waals surface area contributed by atoms with Gasteiger partial charge in [-0.25, -0.2) is 8.78 Å². The van der Waals surface area contributed by atoms with Gasteiger partial charge in [-0.15, -0.1) is 11.8 Å². The van der Waals surface area contributed by atoms with Gasteiger partial charge < -0.3 is 4.74 Å². The zero-order valence-corrected chi connectivity index (χ0v) is 15.5. The minimum absolute atomic E-state index is 0.0728. The number of thioether (sulfide) groups is 1. The first-order valence-corrected chi connectivity index (χ1v) is 9.37. The summed E-state index contributed by atoms with van der Waals surface area (Å²) in [6.07, 6.45) is 3.45. The fourth-order valence-corrected chi connectivity index (χ4v) is 3.05. The molecule has 130 valence electrons. The third kappa shape index (κ3) is 4.42. The van der Waals surface area contributed by atoms with E-state index in [9.17, 15) is 18.4 Å². The number of hydrogen-bond donors (Lipinski definition) is 0. The molecule has 4 nitrogen and oxygen atoms in total. The molecule has 0 bridgehead atoms. The SMILES string of the molecule is CCOC(=O)C(C(=O)c1cc(F)c(Br)cc1F)C(=NC1CC1)SC. The summed E-state index contributed by atoms with van der Waals surface area (Å²) < 4.78 is 32.7. The van der Waals surface area contributed by atoms with Crippen molar-refractivity contribution in [2.24, 2.45) is 10.9 Å². The smallest absolute Gasteiger partial charge is 0.323 e. The first-order chi connectivity index (χ1) is 11.4. The largest absolute Gasteiger partial charge is 0.465 e. The molecular weight excluding hydrogens is 404 g/mol. The predicted molar refractivity (Wildman–Crippen MR) is 92.5 cm³/mol. The van der Waals surface area contributed by atoms with Crippen LogP contribution in [-0.2, 0) is 9.53 Å². The maximum atomic E-state index is 14.1. The summed E-state index contributed by atoms with van der Waals surface area (Å²) in [7, 11) is 0. The van der Waals surface area contributed by atoms with Gasteiger partial charge in [-0.2, -0.15) is 0 Å². The molecule has 1 fully saturated rings. The fraction of sp³-hybridized carbons (Fsp3) is 0.438. The van der Waals surface area contributed by atoms with Crippen molar-refractivity contribution < 1.29 is 23.1 Å². The number of aliphatic imine (C=N–C) groups is 1. The van der Waals surface area contributed by atoms with Crippen LogP contribution in [0.5, 0.6) is 0 Å². The zero-order chi connectivity index (χ0) is 17.9. The molecule has 0 amide bonds. The van der Waals surface area contributed by atoms with Crippen LogP contribution < -0.4 is 0 Å². The predicted octanol–water partition coefficient (Wildman–Crippen LogP) is 4.01. The number of hydrogen-bond acceptors (Lipinski definition) is 5. The molecule has 1 atom stereocenters. The van der Waals surface area contributed by atoms with E-state index in [4.69, 9.17) is 4.74 Å². The summed E-state index contributed by atoms with van der Waals surface area (Å²) in [4.78, 5) is 29.4. The molecule has 1 unspecified atom stereocenters. The van der Waals surface area contributed by atoms with Crippen molar-refractivity contribution in [1.29, 1.82) is 0 Å². The number of carbonyl (C=O) groups excluding carboxylic acids is 2. The fourth-order valence-electron chi connectivity index (χ4n) is 2.04. The van der Waals surface area contributed by atoms with Crippen molar-refractivity contribution >= 4 is 44.5 Å². The molecule has 1 aliphatic carbocycles. The average molecular weight is 420 g/mol. The van der Waals surface area contributed by atoms with Gasteiger partial charge in [0, 0.05) is 0 Å². The first kappa shape index (κ1) is 19.1. The number of nitrogens with zero attached hydrogens (tertiary/aromatic N) is 1. The third-order valence-corrected chi connectivity index (χ3v) is 4.74. The van der Waals surface area contributed by atoms with Crippen LogP contribution in [0.4, 0.5) is 8.78 Å². The summed E-state index contributed by atoms with van der Waals surface area (Å²) >= 11 is 4.00. The van der Waals surface area contributed by atoms with Gasteiger partial charge in [0.25, 0.3) is 0 Å². The van der Waals surface area contributed by atoms with Gasteiger partial charge in [0.05, 0.1) is 27.7 Å². The van der Waals surface area contributed by atoms with E-state index in [1.54, 1.807) is 13.2 Å². The molecule has 1 saturated carbocycles. The molecule has 0 aromatic heterocycles. The quantitative estimate of drug-likeness (QED) is 0.174. The molecule has 8 heteroatoms. The van der Waals surface area contributed by atoms with Crippen LogP contribution >= 0.6 is 27.7 Å². The van der Waals surface area contributed by atoms with E-state index >= 15 is 0 Å². The number of esters is 1. The molecule has 1 aromatic rings. The molecule has 1 aliphatic rings. The number of ether oxygens (including phenoxy) is 1. The maximum absolute atomic E-state index is 14.1. The Morgan fingerprint density at radius 3 is 2.58 bits per heavy atom. The Morgan fingerprint density at radius 2 is 2.04 bits per heavy atom. The topological polar surface area (TPSA) is 55.7 Å². The minimum Gasteiger partial charge on any atom is -0.465 e. The molecule has 0 radical (unpaired) electrons. The van der Waals surface area contributed by atoms with Crippen LogP contribution in [0.2, 0.25) is 0 Å². The normalized spacial score (nSPS) is 16.0. The number of carbonyl (C=O) groups is 2. The number of ketones is 1. The Kier molecular flexibility index (Phi) is 6.51. The van der Waals surface area contributed by atoms with Crippen LogP contribution in [-0.4, -0.2) is 35.7 Å². The van der Waals surface area contributed by atoms with Crippen molar-refractivity contribution in [1.82, 2.24) is 0 Å². The van der Waals surface area contributed by atoms with Crippen molar-refractivity contribution in [2.45, 2.75) is 25.8 Å². The second-order valence-corrected chi connectivity index (χ2v) is 6.88. The van der Waals surface area contributed by atoms with E-state index in [0.717, 1.165) is 36.7 Å². The summed E-state index contributed by atoms with van der Waals surface area (Å²) in [6.45, 7) is 1.68. The molecule has 2 rings (SSSR count). The van der Waals surface area contributed by atoms with Gasteiger partial charge >= 0.3 is 5.97 Å². The van der Waals surface area contributed by atoms with Gasteiger partial charge in [-0.3, -0.25) is 14.6 Å². The minimum atomic E-state index is -1.38. The molecular formula is C16H16BrF2NO3S. The van der Waals surface area contributed by atoms with Gasteiger partial charge in [0.2, 0.25) is 0 Å². The lowest BCUT2D eigenvalue weighted by molar-refractivity contribution is -0.144. The lowest BCUT2D eigenvalue weighted by atomic mass is 9.97. The standard InChI is InChI=1S/C16H16BrF2NO3S/c1-3-23-16(22)13(15(24-2)20-8-4-5-8)14(21)9-6-12(19)10(17)7-11(9)18/h6-8,13H,3-5H2,1-2H3. The highest BCUT2D eigenvalue weighted by molar-refractivity contribution is 9.10. The maximum Gasteiger partial charge on any atom is 0.323 e. The van der Waals surface area contributed by atoms with E-state index < -0.39 is 34.9 Å². The number of benzene rings is 1. The molecule has 24 heavy (non-hydrogen) atoms. The first-order valence-electron chi connectivity index (χ1n) is 7.36. The molecule has 0 N–H and O–H groups in total. The zero-order valence-electron chi connectivity index (χ0n) is 13.1. The van der Waals surface area contributed by atoms with Gasteiger partial charge in [0.15, 0.2) is 11.7 Å². The summed E-state index contributed by atoms with van der Waals surface area (Å²) in [5.41, 5.74) is -0.494. The van der Waals surface area contributed by atoms with Gasteiger partial charge in [0.1, 0.15) is 11.6 Å². The van der Waals surface area contributed by atoms with E-state index in [0.29, 0.717) is 0 Å².